The van der Waals surface area contributed by atoms with Crippen LogP contribution in [0, 0.1) is 13.8 Å². The van der Waals surface area contributed by atoms with E-state index in [9.17, 15) is 18.3 Å². The molecule has 174 valence electrons. The molecule has 3 rings (SSSR count). The van der Waals surface area contributed by atoms with Crippen molar-refractivity contribution in [3.05, 3.63) is 59.2 Å². The van der Waals surface area contributed by atoms with E-state index >= 15 is 0 Å². The lowest BCUT2D eigenvalue weighted by molar-refractivity contribution is -0.180. The van der Waals surface area contributed by atoms with E-state index in [4.69, 9.17) is 4.74 Å². The number of ether oxygens (including phenoxy) is 1. The number of carbonyl (C=O) groups is 1. The third kappa shape index (κ3) is 5.49. The summed E-state index contributed by atoms with van der Waals surface area (Å²) in [6.45, 7) is 10.0. The molecule has 0 spiro atoms. The summed E-state index contributed by atoms with van der Waals surface area (Å²) in [7, 11) is -3.69. The van der Waals surface area contributed by atoms with Crippen LogP contribution in [0.5, 0.6) is 0 Å². The summed E-state index contributed by atoms with van der Waals surface area (Å²) in [5, 5.41) is 13.3. The lowest BCUT2D eigenvalue weighted by Crippen LogP contribution is -2.49. The molecule has 8 heteroatoms. The van der Waals surface area contributed by atoms with Crippen LogP contribution in [0.15, 0.2) is 47.4 Å². The smallest absolute Gasteiger partial charge is 0.414 e. The Bertz CT molecular complexity index is 1080. The molecule has 1 aliphatic rings. The summed E-state index contributed by atoms with van der Waals surface area (Å²) in [6, 6.07) is 12.7. The lowest BCUT2D eigenvalue weighted by atomic mass is 9.87. The first-order valence-corrected chi connectivity index (χ1v) is 12.1. The standard InChI is InChI=1S/C24H32N2O5S/c1-17-6-7-18(2)21(16-17)32(29,30)26-14-12-24(28,13-15-26)31-22(27)25-20-10-8-19(9-11-20)23(3,4)5/h6-11,16,28H,12-15H2,1-5H3,(H,25,27). The zero-order valence-corrected chi connectivity index (χ0v) is 20.1. The van der Waals surface area contributed by atoms with Crippen LogP contribution in [0.25, 0.3) is 0 Å². The van der Waals surface area contributed by atoms with Gasteiger partial charge >= 0.3 is 6.09 Å². The van der Waals surface area contributed by atoms with E-state index in [0.717, 1.165) is 11.1 Å². The van der Waals surface area contributed by atoms with Gasteiger partial charge in [0.1, 0.15) is 0 Å². The van der Waals surface area contributed by atoms with Gasteiger partial charge in [-0.1, -0.05) is 45.0 Å². The van der Waals surface area contributed by atoms with Crippen LogP contribution >= 0.6 is 0 Å². The van der Waals surface area contributed by atoms with Crippen molar-refractivity contribution < 1.29 is 23.1 Å². The Labute approximate surface area is 190 Å². The molecule has 0 saturated carbocycles. The molecule has 1 saturated heterocycles. The summed E-state index contributed by atoms with van der Waals surface area (Å²) in [5.41, 5.74) is 3.22. The Morgan fingerprint density at radius 3 is 2.22 bits per heavy atom. The van der Waals surface area contributed by atoms with E-state index < -0.39 is 21.9 Å². The second kappa shape index (κ2) is 8.84. The summed E-state index contributed by atoms with van der Waals surface area (Å²) in [5.74, 6) is -1.72. The van der Waals surface area contributed by atoms with Crippen molar-refractivity contribution in [3.8, 4) is 0 Å². The highest BCUT2D eigenvalue weighted by molar-refractivity contribution is 7.89. The fraction of sp³-hybridized carbons (Fsp3) is 0.458. The molecule has 2 aromatic carbocycles. The molecule has 1 amide bonds. The van der Waals surface area contributed by atoms with Crippen LogP contribution in [-0.2, 0) is 20.2 Å². The molecule has 32 heavy (non-hydrogen) atoms. The largest absolute Gasteiger partial charge is 0.417 e. The fourth-order valence-electron chi connectivity index (χ4n) is 3.67. The van der Waals surface area contributed by atoms with Crippen LogP contribution in [0.1, 0.15) is 50.3 Å². The van der Waals surface area contributed by atoms with Gasteiger partial charge in [-0.05, 0) is 54.2 Å². The highest BCUT2D eigenvalue weighted by Gasteiger charge is 2.40. The number of anilines is 1. The molecular formula is C24H32N2O5S. The second-order valence-corrected chi connectivity index (χ2v) is 11.4. The maximum absolute atomic E-state index is 13.1. The first-order chi connectivity index (χ1) is 14.8. The quantitative estimate of drug-likeness (QED) is 0.663. The third-order valence-corrected chi connectivity index (χ3v) is 7.79. The van der Waals surface area contributed by atoms with E-state index in [1.165, 1.54) is 4.31 Å². The van der Waals surface area contributed by atoms with Gasteiger partial charge in [-0.15, -0.1) is 0 Å². The summed E-state index contributed by atoms with van der Waals surface area (Å²) >= 11 is 0. The van der Waals surface area contributed by atoms with Crippen molar-refractivity contribution in [2.24, 2.45) is 0 Å². The second-order valence-electron chi connectivity index (χ2n) is 9.46. The third-order valence-electron chi connectivity index (χ3n) is 5.75. The van der Waals surface area contributed by atoms with E-state index in [1.807, 2.05) is 25.1 Å². The number of carbonyl (C=O) groups excluding carboxylic acids is 1. The van der Waals surface area contributed by atoms with Crippen LogP contribution in [0.3, 0.4) is 0 Å². The summed E-state index contributed by atoms with van der Waals surface area (Å²) in [4.78, 5) is 12.6. The zero-order valence-electron chi connectivity index (χ0n) is 19.3. The monoisotopic (exact) mass is 460 g/mol. The fourth-order valence-corrected chi connectivity index (χ4v) is 5.42. The average molecular weight is 461 g/mol. The van der Waals surface area contributed by atoms with Gasteiger partial charge in [0.05, 0.1) is 4.90 Å². The zero-order chi connectivity index (χ0) is 23.7. The maximum atomic E-state index is 13.1. The number of aliphatic hydroxyl groups is 1. The Morgan fingerprint density at radius 1 is 1.06 bits per heavy atom. The van der Waals surface area contributed by atoms with Crippen LogP contribution in [0.4, 0.5) is 10.5 Å². The number of aryl methyl sites for hydroxylation is 2. The minimum atomic E-state index is -3.69. The highest BCUT2D eigenvalue weighted by atomic mass is 32.2. The van der Waals surface area contributed by atoms with Crippen molar-refractivity contribution in [1.82, 2.24) is 4.31 Å². The van der Waals surface area contributed by atoms with Crippen molar-refractivity contribution in [3.63, 3.8) is 0 Å². The Morgan fingerprint density at radius 2 is 1.66 bits per heavy atom. The van der Waals surface area contributed by atoms with Crippen molar-refractivity contribution >= 4 is 21.8 Å². The Hall–Kier alpha value is -2.42. The van der Waals surface area contributed by atoms with Gasteiger partial charge in [0.15, 0.2) is 0 Å². The molecule has 1 heterocycles. The molecule has 0 atom stereocenters. The van der Waals surface area contributed by atoms with E-state index in [2.05, 4.69) is 26.1 Å². The number of benzene rings is 2. The topological polar surface area (TPSA) is 95.9 Å². The molecule has 7 nitrogen and oxygen atoms in total. The predicted molar refractivity (Wildman–Crippen MR) is 124 cm³/mol. The van der Waals surface area contributed by atoms with Gasteiger partial charge in [-0.3, -0.25) is 5.32 Å². The van der Waals surface area contributed by atoms with Gasteiger partial charge in [-0.25, -0.2) is 13.2 Å². The molecule has 2 aromatic rings. The minimum absolute atomic E-state index is 0.000506. The summed E-state index contributed by atoms with van der Waals surface area (Å²) in [6.07, 6.45) is -0.789. The number of amides is 1. The maximum Gasteiger partial charge on any atom is 0.414 e. The molecule has 2 N–H and O–H groups in total. The van der Waals surface area contributed by atoms with Crippen LogP contribution in [0.2, 0.25) is 0 Å². The first kappa shape index (κ1) is 24.2. The number of hydrogen-bond donors (Lipinski definition) is 2. The van der Waals surface area contributed by atoms with Gasteiger partial charge < -0.3 is 9.84 Å². The number of nitrogens with one attached hydrogen (secondary N) is 1. The number of rotatable bonds is 4. The van der Waals surface area contributed by atoms with E-state index in [1.54, 1.807) is 31.2 Å². The lowest BCUT2D eigenvalue weighted by Gasteiger charge is -2.36. The highest BCUT2D eigenvalue weighted by Crippen LogP contribution is 2.30. The Balaban J connectivity index is 1.61. The molecule has 0 bridgehead atoms. The molecule has 0 aromatic heterocycles. The van der Waals surface area contributed by atoms with Gasteiger partial charge in [0.25, 0.3) is 0 Å². The van der Waals surface area contributed by atoms with E-state index in [-0.39, 0.29) is 36.2 Å². The van der Waals surface area contributed by atoms with Crippen LogP contribution in [-0.4, -0.2) is 42.8 Å². The van der Waals surface area contributed by atoms with Gasteiger partial charge in [-0.2, -0.15) is 4.31 Å². The SMILES string of the molecule is Cc1ccc(C)c(S(=O)(=O)N2CCC(O)(OC(=O)Nc3ccc(C(C)(C)C)cc3)CC2)c1. The van der Waals surface area contributed by atoms with Gasteiger partial charge in [0, 0.05) is 31.6 Å². The molecule has 1 fully saturated rings. The predicted octanol–water partition coefficient (Wildman–Crippen LogP) is 4.32. The molecule has 1 aliphatic heterocycles. The van der Waals surface area contributed by atoms with Crippen molar-refractivity contribution in [2.75, 3.05) is 18.4 Å². The average Bonchev–Trinajstić information content (AvgIpc) is 2.69. The normalized spacial score (nSPS) is 17.1. The van der Waals surface area contributed by atoms with Crippen molar-refractivity contribution in [1.29, 1.82) is 0 Å². The summed E-state index contributed by atoms with van der Waals surface area (Å²) < 4.78 is 32.7. The number of piperidine rings is 1. The van der Waals surface area contributed by atoms with Crippen LogP contribution < -0.4 is 5.32 Å². The molecular weight excluding hydrogens is 428 g/mol. The van der Waals surface area contributed by atoms with E-state index in [0.29, 0.717) is 11.3 Å². The number of sulfonamides is 1. The Kier molecular flexibility index (Phi) is 6.70. The number of hydrogen-bond acceptors (Lipinski definition) is 5. The van der Waals surface area contributed by atoms with Crippen molar-refractivity contribution in [2.45, 2.75) is 63.6 Å². The molecule has 0 unspecified atom stereocenters. The first-order valence-electron chi connectivity index (χ1n) is 10.7. The molecule has 0 aliphatic carbocycles. The van der Waals surface area contributed by atoms with Gasteiger partial charge in [0.2, 0.25) is 15.8 Å². The number of nitrogens with zero attached hydrogens (tertiary/aromatic N) is 1. The minimum Gasteiger partial charge on any atom is -0.417 e. The molecule has 0 radical (unpaired) electrons.